The molecule has 0 aliphatic carbocycles. The van der Waals surface area contributed by atoms with Gasteiger partial charge in [0.15, 0.2) is 0 Å². The molecule has 0 bridgehead atoms. The Bertz CT molecular complexity index is 938. The zero-order chi connectivity index (χ0) is 18.1. The van der Waals surface area contributed by atoms with Crippen LogP contribution in [0.25, 0.3) is 10.9 Å². The van der Waals surface area contributed by atoms with Crippen LogP contribution in [0.4, 0.5) is 5.69 Å². The molecule has 134 valence electrons. The molecule has 2 aromatic heterocycles. The highest BCUT2D eigenvalue weighted by Crippen LogP contribution is 2.30. The number of ether oxygens (including phenoxy) is 1. The van der Waals surface area contributed by atoms with E-state index >= 15 is 0 Å². The molecule has 1 aromatic carbocycles. The number of nitrogens with zero attached hydrogens (tertiary/aromatic N) is 2. The Morgan fingerprint density at radius 3 is 2.73 bits per heavy atom. The maximum Gasteiger partial charge on any atom is 0.257 e. The van der Waals surface area contributed by atoms with E-state index in [0.717, 1.165) is 48.2 Å². The van der Waals surface area contributed by atoms with Gasteiger partial charge in [0.25, 0.3) is 5.91 Å². The van der Waals surface area contributed by atoms with E-state index in [1.54, 1.807) is 6.20 Å². The third-order valence-corrected chi connectivity index (χ3v) is 4.99. The van der Waals surface area contributed by atoms with E-state index in [9.17, 15) is 4.79 Å². The second kappa shape index (κ2) is 6.92. The first-order chi connectivity index (χ1) is 12.6. The predicted molar refractivity (Wildman–Crippen MR) is 103 cm³/mol. The smallest absolute Gasteiger partial charge is 0.257 e. The molecule has 0 spiro atoms. The average Bonchev–Trinajstić information content (AvgIpc) is 3.03. The van der Waals surface area contributed by atoms with E-state index in [4.69, 9.17) is 4.74 Å². The molecule has 0 radical (unpaired) electrons. The molecule has 3 aromatic rings. The number of rotatable bonds is 3. The molecule has 1 saturated heterocycles. The zero-order valence-electron chi connectivity index (χ0n) is 15.2. The molecule has 5 heteroatoms. The first-order valence-electron chi connectivity index (χ1n) is 9.05. The fraction of sp³-hybridized carbons (Fsp3) is 0.333. The van der Waals surface area contributed by atoms with Crippen LogP contribution < -0.4 is 5.32 Å². The number of fused-ring (bicyclic) bond motifs is 1. The Morgan fingerprint density at radius 1 is 1.19 bits per heavy atom. The maximum absolute atomic E-state index is 12.9. The van der Waals surface area contributed by atoms with Gasteiger partial charge in [-0.15, -0.1) is 0 Å². The Labute approximate surface area is 153 Å². The Hall–Kier alpha value is -2.66. The summed E-state index contributed by atoms with van der Waals surface area (Å²) in [6.07, 6.45) is 5.63. The lowest BCUT2D eigenvalue weighted by atomic mass is 10.1. The number of hydrogen-bond donors (Lipinski definition) is 1. The normalized spacial score (nSPS) is 15.3. The highest BCUT2D eigenvalue weighted by atomic mass is 16.5. The number of nitrogens with one attached hydrogen (secondary N) is 1. The van der Waals surface area contributed by atoms with Crippen molar-refractivity contribution in [2.24, 2.45) is 0 Å². The molecule has 1 aliphatic rings. The molecule has 0 unspecified atom stereocenters. The lowest BCUT2D eigenvalue weighted by molar-refractivity contribution is 0.0707. The minimum atomic E-state index is -0.0999. The molecule has 4 rings (SSSR count). The molecule has 26 heavy (non-hydrogen) atoms. The van der Waals surface area contributed by atoms with Gasteiger partial charge in [0.2, 0.25) is 0 Å². The summed E-state index contributed by atoms with van der Waals surface area (Å²) in [7, 11) is 0. The minimum Gasteiger partial charge on any atom is -0.381 e. The number of benzene rings is 1. The number of anilines is 1. The summed E-state index contributed by atoms with van der Waals surface area (Å²) in [5, 5.41) is 3.97. The minimum absolute atomic E-state index is 0.0999. The zero-order valence-corrected chi connectivity index (χ0v) is 15.2. The van der Waals surface area contributed by atoms with E-state index in [2.05, 4.69) is 40.0 Å². The van der Waals surface area contributed by atoms with Crippen LogP contribution in [-0.4, -0.2) is 28.7 Å². The number of carbonyl (C=O) groups excluding carboxylic acids is 1. The van der Waals surface area contributed by atoms with Gasteiger partial charge >= 0.3 is 0 Å². The lowest BCUT2D eigenvalue weighted by Crippen LogP contribution is -2.19. The summed E-state index contributed by atoms with van der Waals surface area (Å²) in [6.45, 7) is 5.52. The fourth-order valence-corrected chi connectivity index (χ4v) is 3.56. The largest absolute Gasteiger partial charge is 0.381 e. The number of pyridine rings is 1. The topological polar surface area (TPSA) is 56.2 Å². The van der Waals surface area contributed by atoms with Gasteiger partial charge in [-0.25, -0.2) is 0 Å². The van der Waals surface area contributed by atoms with E-state index in [-0.39, 0.29) is 5.91 Å². The molecular formula is C21H23N3O2. The summed E-state index contributed by atoms with van der Waals surface area (Å²) in [5.41, 5.74) is 4.59. The van der Waals surface area contributed by atoms with E-state index < -0.39 is 0 Å². The van der Waals surface area contributed by atoms with Gasteiger partial charge < -0.3 is 14.6 Å². The number of hydrogen-bond acceptors (Lipinski definition) is 3. The van der Waals surface area contributed by atoms with Crippen molar-refractivity contribution in [2.45, 2.75) is 32.7 Å². The van der Waals surface area contributed by atoms with Crippen LogP contribution in [0.1, 0.15) is 40.5 Å². The molecule has 1 amide bonds. The quantitative estimate of drug-likeness (QED) is 0.769. The first-order valence-corrected chi connectivity index (χ1v) is 9.05. The van der Waals surface area contributed by atoms with Crippen molar-refractivity contribution in [1.82, 2.24) is 9.55 Å². The molecule has 5 nitrogen and oxygen atoms in total. The van der Waals surface area contributed by atoms with Gasteiger partial charge in [0.05, 0.1) is 17.4 Å². The van der Waals surface area contributed by atoms with Crippen molar-refractivity contribution >= 4 is 22.5 Å². The molecule has 0 atom stereocenters. The second-order valence-electron chi connectivity index (χ2n) is 6.96. The predicted octanol–water partition coefficient (Wildman–Crippen LogP) is 4.26. The third-order valence-electron chi connectivity index (χ3n) is 4.99. The van der Waals surface area contributed by atoms with Crippen LogP contribution in [0.5, 0.6) is 0 Å². The summed E-state index contributed by atoms with van der Waals surface area (Å²) >= 11 is 0. The number of aryl methyl sites for hydroxylation is 2. The van der Waals surface area contributed by atoms with E-state index in [0.29, 0.717) is 17.3 Å². The van der Waals surface area contributed by atoms with Gasteiger partial charge in [-0.05, 0) is 51.0 Å². The summed E-state index contributed by atoms with van der Waals surface area (Å²) < 4.78 is 7.75. The Kier molecular flexibility index (Phi) is 4.47. The summed E-state index contributed by atoms with van der Waals surface area (Å²) in [4.78, 5) is 17.2. The summed E-state index contributed by atoms with van der Waals surface area (Å²) in [6, 6.07) is 10.5. The number of aromatic nitrogens is 2. The van der Waals surface area contributed by atoms with Crippen molar-refractivity contribution in [3.63, 3.8) is 0 Å². The van der Waals surface area contributed by atoms with Crippen molar-refractivity contribution in [2.75, 3.05) is 18.5 Å². The van der Waals surface area contributed by atoms with Crippen molar-refractivity contribution in [3.05, 3.63) is 59.5 Å². The molecular weight excluding hydrogens is 326 g/mol. The SMILES string of the molecule is Cc1ccc2c(c1)c(C(=O)Nc1ccc(C)nc1)cn2C1CCOCC1. The van der Waals surface area contributed by atoms with Crippen LogP contribution in [0.3, 0.4) is 0 Å². The van der Waals surface area contributed by atoms with Crippen LogP contribution in [0, 0.1) is 13.8 Å². The fourth-order valence-electron chi connectivity index (χ4n) is 3.56. The van der Waals surface area contributed by atoms with Gasteiger partial charge in [-0.1, -0.05) is 11.6 Å². The van der Waals surface area contributed by atoms with Crippen LogP contribution >= 0.6 is 0 Å². The standard InChI is InChI=1S/C21H23N3O2/c1-14-3-6-20-18(11-14)19(13-24(20)17-7-9-26-10-8-17)21(25)23-16-5-4-15(2)22-12-16/h3-6,11-13,17H,7-10H2,1-2H3,(H,23,25). The van der Waals surface area contributed by atoms with Crippen molar-refractivity contribution in [1.29, 1.82) is 0 Å². The van der Waals surface area contributed by atoms with Crippen molar-refractivity contribution < 1.29 is 9.53 Å². The van der Waals surface area contributed by atoms with Gasteiger partial charge in [-0.2, -0.15) is 0 Å². The average molecular weight is 349 g/mol. The molecule has 0 saturated carbocycles. The summed E-state index contributed by atoms with van der Waals surface area (Å²) in [5.74, 6) is -0.0999. The Balaban J connectivity index is 1.72. The van der Waals surface area contributed by atoms with Crippen LogP contribution in [0.15, 0.2) is 42.7 Å². The third kappa shape index (κ3) is 3.22. The maximum atomic E-state index is 12.9. The highest BCUT2D eigenvalue weighted by molar-refractivity contribution is 6.13. The van der Waals surface area contributed by atoms with Crippen LogP contribution in [0.2, 0.25) is 0 Å². The van der Waals surface area contributed by atoms with Gasteiger partial charge in [0.1, 0.15) is 0 Å². The molecule has 1 fully saturated rings. The van der Waals surface area contributed by atoms with Crippen LogP contribution in [-0.2, 0) is 4.74 Å². The Morgan fingerprint density at radius 2 is 2.00 bits per heavy atom. The van der Waals surface area contributed by atoms with E-state index in [1.807, 2.05) is 25.3 Å². The second-order valence-corrected chi connectivity index (χ2v) is 6.96. The lowest BCUT2D eigenvalue weighted by Gasteiger charge is -2.24. The van der Waals surface area contributed by atoms with Gasteiger partial charge in [-0.3, -0.25) is 9.78 Å². The van der Waals surface area contributed by atoms with Crippen molar-refractivity contribution in [3.8, 4) is 0 Å². The van der Waals surface area contributed by atoms with E-state index in [1.165, 1.54) is 0 Å². The van der Waals surface area contributed by atoms with Gasteiger partial charge in [0, 0.05) is 42.0 Å². The molecule has 3 heterocycles. The number of carbonyl (C=O) groups is 1. The molecule has 1 N–H and O–H groups in total. The first kappa shape index (κ1) is 16.8. The highest BCUT2D eigenvalue weighted by Gasteiger charge is 2.22. The number of amides is 1. The monoisotopic (exact) mass is 349 g/mol. The molecule has 1 aliphatic heterocycles.